The molecular formula is C13H14F5N3. The second-order valence-corrected chi connectivity index (χ2v) is 5.75. The monoisotopic (exact) mass is 307 g/mol. The van der Waals surface area contributed by atoms with Crippen LogP contribution in [0.3, 0.4) is 0 Å². The first-order chi connectivity index (χ1) is 9.81. The molecule has 116 valence electrons. The van der Waals surface area contributed by atoms with Gasteiger partial charge in [0.05, 0.1) is 6.20 Å². The second kappa shape index (κ2) is 4.78. The number of anilines is 1. The second-order valence-electron chi connectivity index (χ2n) is 5.75. The van der Waals surface area contributed by atoms with Gasteiger partial charge in [0.1, 0.15) is 11.5 Å². The van der Waals surface area contributed by atoms with Crippen LogP contribution in [0.15, 0.2) is 6.20 Å². The Bertz CT molecular complexity index is 529. The first-order valence-electron chi connectivity index (χ1n) is 6.78. The van der Waals surface area contributed by atoms with Gasteiger partial charge < -0.3 is 4.90 Å². The van der Waals surface area contributed by atoms with Crippen LogP contribution in [0.25, 0.3) is 0 Å². The molecule has 1 aliphatic heterocycles. The summed E-state index contributed by atoms with van der Waals surface area (Å²) in [6.07, 6.45) is -3.04. The zero-order chi connectivity index (χ0) is 15.3. The van der Waals surface area contributed by atoms with E-state index in [1.165, 1.54) is 12.8 Å². The summed E-state index contributed by atoms with van der Waals surface area (Å²) in [4.78, 5) is 8.41. The summed E-state index contributed by atoms with van der Waals surface area (Å²) in [7, 11) is 0. The lowest BCUT2D eigenvalue weighted by Gasteiger charge is -2.33. The number of halogens is 5. The summed E-state index contributed by atoms with van der Waals surface area (Å²) in [6.45, 7) is 1.19. The molecule has 21 heavy (non-hydrogen) atoms. The van der Waals surface area contributed by atoms with Gasteiger partial charge in [0, 0.05) is 13.1 Å². The van der Waals surface area contributed by atoms with E-state index in [0.717, 1.165) is 19.0 Å². The third-order valence-electron chi connectivity index (χ3n) is 4.37. The average Bonchev–Trinajstić information content (AvgIpc) is 3.17. The predicted molar refractivity (Wildman–Crippen MR) is 65.1 cm³/mol. The Morgan fingerprint density at radius 1 is 1.10 bits per heavy atom. The minimum Gasteiger partial charge on any atom is -0.355 e. The third kappa shape index (κ3) is 2.80. The van der Waals surface area contributed by atoms with Gasteiger partial charge >= 0.3 is 6.18 Å². The molecule has 1 aliphatic carbocycles. The molecule has 0 radical (unpaired) electrons. The van der Waals surface area contributed by atoms with Gasteiger partial charge in [0.15, 0.2) is 5.69 Å². The quantitative estimate of drug-likeness (QED) is 0.778. The molecule has 1 aromatic rings. The fourth-order valence-corrected chi connectivity index (χ4v) is 2.80. The van der Waals surface area contributed by atoms with E-state index in [-0.39, 0.29) is 5.82 Å². The molecule has 1 saturated heterocycles. The Hall–Kier alpha value is -1.47. The molecule has 0 aromatic carbocycles. The van der Waals surface area contributed by atoms with Gasteiger partial charge in [0.2, 0.25) is 0 Å². The molecule has 3 nitrogen and oxygen atoms in total. The largest absolute Gasteiger partial charge is 0.435 e. The van der Waals surface area contributed by atoms with E-state index in [2.05, 4.69) is 9.97 Å². The van der Waals surface area contributed by atoms with Gasteiger partial charge in [-0.2, -0.15) is 13.2 Å². The number of alkyl halides is 5. The first-order valence-corrected chi connectivity index (χ1v) is 6.78. The van der Waals surface area contributed by atoms with E-state index in [9.17, 15) is 22.0 Å². The van der Waals surface area contributed by atoms with Crippen LogP contribution in [0.5, 0.6) is 0 Å². The number of nitrogens with zero attached hydrogens (tertiary/aromatic N) is 3. The van der Waals surface area contributed by atoms with Crippen molar-refractivity contribution in [1.29, 1.82) is 0 Å². The van der Waals surface area contributed by atoms with E-state index in [1.807, 2.05) is 0 Å². The maximum atomic E-state index is 12.8. The Balaban J connectivity index is 1.86. The molecule has 1 spiro atoms. The zero-order valence-electron chi connectivity index (χ0n) is 11.1. The van der Waals surface area contributed by atoms with Gasteiger partial charge in [-0.15, -0.1) is 0 Å². The van der Waals surface area contributed by atoms with Crippen LogP contribution >= 0.6 is 0 Å². The third-order valence-corrected chi connectivity index (χ3v) is 4.37. The smallest absolute Gasteiger partial charge is 0.355 e. The molecule has 0 atom stereocenters. The van der Waals surface area contributed by atoms with Crippen molar-refractivity contribution in [3.63, 3.8) is 0 Å². The van der Waals surface area contributed by atoms with E-state index < -0.39 is 24.0 Å². The van der Waals surface area contributed by atoms with Crippen molar-refractivity contribution < 1.29 is 22.0 Å². The molecular weight excluding hydrogens is 293 g/mol. The molecule has 2 aliphatic rings. The summed E-state index contributed by atoms with van der Waals surface area (Å²) in [5.41, 5.74) is -2.51. The van der Waals surface area contributed by atoms with Crippen LogP contribution in [0.2, 0.25) is 0 Å². The summed E-state index contributed by atoms with van der Waals surface area (Å²) in [5, 5.41) is 0. The minimum atomic E-state index is -4.93. The van der Waals surface area contributed by atoms with Crippen LogP contribution in [0, 0.1) is 5.41 Å². The lowest BCUT2D eigenvalue weighted by atomic mass is 9.94. The van der Waals surface area contributed by atoms with Crippen molar-refractivity contribution in [3.8, 4) is 0 Å². The van der Waals surface area contributed by atoms with Crippen LogP contribution < -0.4 is 4.90 Å². The molecule has 8 heteroatoms. The summed E-state index contributed by atoms with van der Waals surface area (Å²) in [5.74, 6) is 0.0298. The highest BCUT2D eigenvalue weighted by atomic mass is 19.4. The van der Waals surface area contributed by atoms with Crippen molar-refractivity contribution in [3.05, 3.63) is 17.6 Å². The molecule has 0 unspecified atom stereocenters. The topological polar surface area (TPSA) is 29.0 Å². The number of hydrogen-bond donors (Lipinski definition) is 0. The molecule has 0 bridgehead atoms. The Kier molecular flexibility index (Phi) is 3.29. The minimum absolute atomic E-state index is 0.0298. The number of aromatic nitrogens is 2. The average molecular weight is 307 g/mol. The lowest BCUT2D eigenvalue weighted by Crippen LogP contribution is -2.35. The van der Waals surface area contributed by atoms with Crippen LogP contribution in [0.1, 0.15) is 43.5 Å². The zero-order valence-corrected chi connectivity index (χ0v) is 11.1. The number of piperidine rings is 1. The summed E-state index contributed by atoms with van der Waals surface area (Å²) < 4.78 is 63.8. The van der Waals surface area contributed by atoms with Gasteiger partial charge in [0.25, 0.3) is 6.43 Å². The fourth-order valence-electron chi connectivity index (χ4n) is 2.80. The van der Waals surface area contributed by atoms with E-state index >= 15 is 0 Å². The van der Waals surface area contributed by atoms with Crippen LogP contribution in [-0.2, 0) is 6.18 Å². The molecule has 0 amide bonds. The summed E-state index contributed by atoms with van der Waals surface area (Å²) in [6, 6.07) is 0. The number of hydrogen-bond acceptors (Lipinski definition) is 3. The Morgan fingerprint density at radius 3 is 2.19 bits per heavy atom. The van der Waals surface area contributed by atoms with Crippen molar-refractivity contribution in [2.24, 2.45) is 5.41 Å². The SMILES string of the molecule is FC(F)c1ncc(N2CCC3(CC2)CC3)nc1C(F)(F)F. The highest BCUT2D eigenvalue weighted by Crippen LogP contribution is 2.53. The van der Waals surface area contributed by atoms with Crippen molar-refractivity contribution in [1.82, 2.24) is 9.97 Å². The lowest BCUT2D eigenvalue weighted by molar-refractivity contribution is -0.143. The van der Waals surface area contributed by atoms with Gasteiger partial charge in [-0.1, -0.05) is 0 Å². The molecule has 2 heterocycles. The number of rotatable bonds is 2. The highest BCUT2D eigenvalue weighted by molar-refractivity contribution is 5.39. The van der Waals surface area contributed by atoms with E-state index in [0.29, 0.717) is 18.5 Å². The standard InChI is InChI=1S/C13H14F5N3/c14-11(15)9-10(13(16,17)18)20-8(7-19-9)21-5-3-12(1-2-12)4-6-21/h7,11H,1-6H2. The molecule has 3 rings (SSSR count). The first kappa shape index (κ1) is 14.5. The van der Waals surface area contributed by atoms with E-state index in [1.54, 1.807) is 4.90 Å². The molecule has 1 aromatic heterocycles. The van der Waals surface area contributed by atoms with Gasteiger partial charge in [-0.25, -0.2) is 18.7 Å². The maximum absolute atomic E-state index is 12.8. The summed E-state index contributed by atoms with van der Waals surface area (Å²) >= 11 is 0. The van der Waals surface area contributed by atoms with Crippen molar-refractivity contribution >= 4 is 5.82 Å². The van der Waals surface area contributed by atoms with Crippen LogP contribution in [-0.4, -0.2) is 23.1 Å². The molecule has 2 fully saturated rings. The molecule has 0 N–H and O–H groups in total. The normalized spacial score (nSPS) is 21.1. The van der Waals surface area contributed by atoms with Gasteiger partial charge in [-0.05, 0) is 31.1 Å². The Morgan fingerprint density at radius 2 is 1.71 bits per heavy atom. The highest BCUT2D eigenvalue weighted by Gasteiger charge is 2.45. The predicted octanol–water partition coefficient (Wildman–Crippen LogP) is 3.81. The van der Waals surface area contributed by atoms with Gasteiger partial charge in [-0.3, -0.25) is 0 Å². The fraction of sp³-hybridized carbons (Fsp3) is 0.692. The van der Waals surface area contributed by atoms with Crippen molar-refractivity contribution in [2.45, 2.75) is 38.3 Å². The molecule has 1 saturated carbocycles. The van der Waals surface area contributed by atoms with E-state index in [4.69, 9.17) is 0 Å². The van der Waals surface area contributed by atoms with Crippen molar-refractivity contribution in [2.75, 3.05) is 18.0 Å². The Labute approximate surface area is 118 Å². The maximum Gasteiger partial charge on any atom is 0.435 e. The van der Waals surface area contributed by atoms with Crippen LogP contribution in [0.4, 0.5) is 27.8 Å².